The molecule has 0 saturated heterocycles. The van der Waals surface area contributed by atoms with Crippen LogP contribution >= 0.6 is 0 Å². The van der Waals surface area contributed by atoms with E-state index in [9.17, 15) is 10.1 Å². The number of nitrogens with zero attached hydrogens (tertiary/aromatic N) is 5. The highest BCUT2D eigenvalue weighted by molar-refractivity contribution is 5.48. The molecule has 0 unspecified atom stereocenters. The smallest absolute Gasteiger partial charge is 0.277 e. The van der Waals surface area contributed by atoms with Crippen molar-refractivity contribution in [3.8, 4) is 0 Å². The molecule has 0 amide bonds. The first-order valence-corrected chi connectivity index (χ1v) is 5.75. The zero-order valence-corrected chi connectivity index (χ0v) is 10.7. The monoisotopic (exact) mass is 262 g/mol. The van der Waals surface area contributed by atoms with Gasteiger partial charge in [-0.1, -0.05) is 0 Å². The Kier molecular flexibility index (Phi) is 3.69. The predicted octanol–water partition coefficient (Wildman–Crippen LogP) is 1.08. The Hall–Kier alpha value is -2.51. The number of nitro groups is 1. The average Bonchev–Trinajstić information content (AvgIpc) is 2.77. The van der Waals surface area contributed by atoms with Crippen molar-refractivity contribution in [3.63, 3.8) is 0 Å². The van der Waals surface area contributed by atoms with Gasteiger partial charge in [0.25, 0.3) is 5.69 Å². The van der Waals surface area contributed by atoms with Crippen molar-refractivity contribution in [2.75, 3.05) is 11.9 Å². The summed E-state index contributed by atoms with van der Waals surface area (Å²) in [7, 11) is 1.80. The topological polar surface area (TPSA) is 98.8 Å². The number of rotatable bonds is 5. The largest absolute Gasteiger partial charge is 0.369 e. The predicted molar refractivity (Wildman–Crippen MR) is 68.8 cm³/mol. The zero-order valence-electron chi connectivity index (χ0n) is 10.7. The Morgan fingerprint density at radius 1 is 1.47 bits per heavy atom. The summed E-state index contributed by atoms with van der Waals surface area (Å²) < 4.78 is 1.63. The molecule has 0 aliphatic rings. The molecule has 0 aliphatic carbocycles. The number of nitrogens with one attached hydrogen (secondary N) is 1. The van der Waals surface area contributed by atoms with Crippen LogP contribution in [0, 0.1) is 17.0 Å². The van der Waals surface area contributed by atoms with Crippen LogP contribution in [0.2, 0.25) is 0 Å². The molecule has 0 fully saturated rings. The van der Waals surface area contributed by atoms with Crippen LogP contribution in [0.25, 0.3) is 0 Å². The molecule has 0 bridgehead atoms. The first kappa shape index (κ1) is 12.9. The lowest BCUT2D eigenvalue weighted by atomic mass is 10.2. The highest BCUT2D eigenvalue weighted by atomic mass is 16.6. The lowest BCUT2D eigenvalue weighted by Gasteiger charge is -2.04. The molecule has 2 aromatic heterocycles. The van der Waals surface area contributed by atoms with Gasteiger partial charge in [0.05, 0.1) is 11.0 Å². The van der Waals surface area contributed by atoms with Crippen LogP contribution in [-0.2, 0) is 13.5 Å². The van der Waals surface area contributed by atoms with Crippen LogP contribution in [0.4, 0.5) is 11.5 Å². The molecule has 8 heteroatoms. The number of pyridine rings is 1. The van der Waals surface area contributed by atoms with Gasteiger partial charge in [0.15, 0.2) is 5.82 Å². The molecule has 2 aromatic rings. The minimum absolute atomic E-state index is 0.0634. The van der Waals surface area contributed by atoms with E-state index in [2.05, 4.69) is 20.4 Å². The van der Waals surface area contributed by atoms with Crippen LogP contribution in [0.3, 0.4) is 0 Å². The van der Waals surface area contributed by atoms with Crippen LogP contribution in [0.5, 0.6) is 0 Å². The van der Waals surface area contributed by atoms with Crippen molar-refractivity contribution in [3.05, 3.63) is 40.1 Å². The molecule has 8 nitrogen and oxygen atoms in total. The molecule has 1 N–H and O–H groups in total. The summed E-state index contributed by atoms with van der Waals surface area (Å²) in [5, 5.41) is 18.0. The third-order valence-corrected chi connectivity index (χ3v) is 2.57. The summed E-state index contributed by atoms with van der Waals surface area (Å²) in [4.78, 5) is 18.6. The van der Waals surface area contributed by atoms with Crippen LogP contribution in [0.15, 0.2) is 18.6 Å². The minimum Gasteiger partial charge on any atom is -0.369 e. The highest BCUT2D eigenvalue weighted by Gasteiger charge is 2.11. The lowest BCUT2D eigenvalue weighted by Crippen LogP contribution is -2.08. The van der Waals surface area contributed by atoms with E-state index in [0.29, 0.717) is 24.3 Å². The van der Waals surface area contributed by atoms with Gasteiger partial charge in [-0.3, -0.25) is 14.8 Å². The molecule has 2 heterocycles. The summed E-state index contributed by atoms with van der Waals surface area (Å²) in [6.07, 6.45) is 3.74. The summed E-state index contributed by atoms with van der Waals surface area (Å²) in [6.45, 7) is 2.23. The van der Waals surface area contributed by atoms with Crippen LogP contribution < -0.4 is 5.32 Å². The second-order valence-electron chi connectivity index (χ2n) is 4.12. The molecule has 19 heavy (non-hydrogen) atoms. The van der Waals surface area contributed by atoms with Crippen molar-refractivity contribution in [2.24, 2.45) is 7.05 Å². The molecule has 0 atom stereocenters. The fourth-order valence-electron chi connectivity index (χ4n) is 1.61. The highest BCUT2D eigenvalue weighted by Crippen LogP contribution is 2.19. The minimum atomic E-state index is -0.414. The van der Waals surface area contributed by atoms with Gasteiger partial charge in [0.1, 0.15) is 12.1 Å². The van der Waals surface area contributed by atoms with E-state index in [4.69, 9.17) is 0 Å². The Labute approximate surface area is 109 Å². The second-order valence-corrected chi connectivity index (χ2v) is 4.12. The second kappa shape index (κ2) is 5.42. The van der Waals surface area contributed by atoms with Gasteiger partial charge < -0.3 is 5.32 Å². The molecule has 2 rings (SSSR count). The van der Waals surface area contributed by atoms with Crippen molar-refractivity contribution in [1.82, 2.24) is 19.7 Å². The van der Waals surface area contributed by atoms with Gasteiger partial charge in [-0.2, -0.15) is 5.10 Å². The molecule has 0 spiro atoms. The maximum absolute atomic E-state index is 10.8. The van der Waals surface area contributed by atoms with E-state index in [1.165, 1.54) is 12.3 Å². The lowest BCUT2D eigenvalue weighted by molar-refractivity contribution is -0.385. The van der Waals surface area contributed by atoms with Gasteiger partial charge in [-0.15, -0.1) is 0 Å². The Morgan fingerprint density at radius 2 is 2.26 bits per heavy atom. The number of hydrogen-bond acceptors (Lipinski definition) is 6. The first-order chi connectivity index (χ1) is 9.06. The molecule has 0 saturated carbocycles. The van der Waals surface area contributed by atoms with E-state index in [1.807, 2.05) is 0 Å². The van der Waals surface area contributed by atoms with Crippen molar-refractivity contribution in [2.45, 2.75) is 13.3 Å². The van der Waals surface area contributed by atoms with Gasteiger partial charge in [0.2, 0.25) is 0 Å². The Morgan fingerprint density at radius 3 is 2.89 bits per heavy atom. The van der Waals surface area contributed by atoms with Crippen molar-refractivity contribution < 1.29 is 4.92 Å². The van der Waals surface area contributed by atoms with Gasteiger partial charge in [-0.05, 0) is 6.92 Å². The van der Waals surface area contributed by atoms with Crippen LogP contribution in [0.1, 0.15) is 11.4 Å². The van der Waals surface area contributed by atoms with Crippen molar-refractivity contribution >= 4 is 11.5 Å². The third-order valence-electron chi connectivity index (χ3n) is 2.57. The quantitative estimate of drug-likeness (QED) is 0.639. The van der Waals surface area contributed by atoms with Gasteiger partial charge in [0, 0.05) is 31.8 Å². The van der Waals surface area contributed by atoms with E-state index < -0.39 is 4.92 Å². The van der Waals surface area contributed by atoms with E-state index >= 15 is 0 Å². The molecule has 0 aromatic carbocycles. The molecule has 0 radical (unpaired) electrons. The number of aromatic nitrogens is 4. The van der Waals surface area contributed by atoms with E-state index in [0.717, 1.165) is 5.82 Å². The molecular formula is C11H14N6O2. The summed E-state index contributed by atoms with van der Waals surface area (Å²) in [5.41, 5.74) is 0.607. The maximum atomic E-state index is 10.8. The normalized spacial score (nSPS) is 10.4. The summed E-state index contributed by atoms with van der Waals surface area (Å²) >= 11 is 0. The number of aryl methyl sites for hydroxylation is 2. The third kappa shape index (κ3) is 3.24. The number of hydrogen-bond donors (Lipinski definition) is 1. The van der Waals surface area contributed by atoms with Gasteiger partial charge >= 0.3 is 0 Å². The fourth-order valence-corrected chi connectivity index (χ4v) is 1.61. The van der Waals surface area contributed by atoms with Crippen molar-refractivity contribution in [1.29, 1.82) is 0 Å². The Balaban J connectivity index is 1.96. The van der Waals surface area contributed by atoms with Gasteiger partial charge in [-0.25, -0.2) is 9.97 Å². The zero-order chi connectivity index (χ0) is 13.8. The molecule has 0 aliphatic heterocycles. The molecular weight excluding hydrogens is 248 g/mol. The van der Waals surface area contributed by atoms with Crippen LogP contribution in [-0.4, -0.2) is 31.2 Å². The fraction of sp³-hybridized carbons (Fsp3) is 0.364. The first-order valence-electron chi connectivity index (χ1n) is 5.75. The van der Waals surface area contributed by atoms with E-state index in [-0.39, 0.29) is 5.69 Å². The number of anilines is 1. The summed E-state index contributed by atoms with van der Waals surface area (Å²) in [5.74, 6) is 1.20. The molecule has 100 valence electrons. The summed E-state index contributed by atoms with van der Waals surface area (Å²) in [6, 6.07) is 1.43. The standard InChI is InChI=1S/C11H14N6O2/c1-8-6-13-11(5-9(8)17(18)19)12-4-3-10-14-7-16(2)15-10/h5-7H,3-4H2,1-2H3,(H,12,13). The Bertz CT molecular complexity index is 595. The maximum Gasteiger partial charge on any atom is 0.277 e. The SMILES string of the molecule is Cc1cnc(NCCc2ncn(C)n2)cc1[N+](=O)[O-]. The van der Waals surface area contributed by atoms with E-state index in [1.54, 1.807) is 25.0 Å². The average molecular weight is 262 g/mol.